The van der Waals surface area contributed by atoms with Crippen LogP contribution in [0, 0.1) is 5.82 Å². The van der Waals surface area contributed by atoms with Crippen LogP contribution in [-0.2, 0) is 4.79 Å². The molecule has 0 fully saturated rings. The molecule has 2 heterocycles. The van der Waals surface area contributed by atoms with E-state index in [1.165, 1.54) is 23.5 Å². The summed E-state index contributed by atoms with van der Waals surface area (Å²) < 4.78 is 13.6. The fourth-order valence-corrected chi connectivity index (χ4v) is 6.19. The summed E-state index contributed by atoms with van der Waals surface area (Å²) in [7, 11) is 0. The second-order valence-electron chi connectivity index (χ2n) is 9.19. The minimum atomic E-state index is -0.712. The first-order valence-electron chi connectivity index (χ1n) is 12.0. The van der Waals surface area contributed by atoms with Gasteiger partial charge in [0.2, 0.25) is 0 Å². The molecule has 3 aromatic carbocycles. The number of halogens is 2. The zero-order valence-electron chi connectivity index (χ0n) is 19.7. The Balaban J connectivity index is 1.57. The van der Waals surface area contributed by atoms with Crippen molar-refractivity contribution in [3.05, 3.63) is 128 Å². The highest BCUT2D eigenvalue weighted by Gasteiger charge is 2.42. The van der Waals surface area contributed by atoms with E-state index in [2.05, 4.69) is 5.32 Å². The van der Waals surface area contributed by atoms with E-state index < -0.39 is 6.04 Å². The van der Waals surface area contributed by atoms with E-state index in [4.69, 9.17) is 11.6 Å². The number of thiophene rings is 1. The van der Waals surface area contributed by atoms with Gasteiger partial charge in [-0.3, -0.25) is 14.5 Å². The zero-order valence-corrected chi connectivity index (χ0v) is 21.2. The summed E-state index contributed by atoms with van der Waals surface area (Å²) in [5.41, 5.74) is 4.29. The first kappa shape index (κ1) is 23.6. The Morgan fingerprint density at radius 1 is 0.946 bits per heavy atom. The van der Waals surface area contributed by atoms with Crippen LogP contribution in [0.1, 0.15) is 45.6 Å². The number of ketones is 1. The molecule has 1 amide bonds. The molecule has 1 aliphatic carbocycles. The SMILES string of the molecule is O=C1C[C@@H](c2ccc(F)cc2)CC2=C1[C@@H](c1ccccc1Cl)N(C(=O)c1cccs1)c1ccccc1N2. The lowest BCUT2D eigenvalue weighted by Gasteiger charge is -2.35. The maximum atomic E-state index is 14.1. The van der Waals surface area contributed by atoms with Gasteiger partial charge in [-0.1, -0.05) is 60.1 Å². The third-order valence-corrected chi connectivity index (χ3v) is 8.18. The average molecular weight is 529 g/mol. The number of amides is 1. The Kier molecular flexibility index (Phi) is 6.14. The lowest BCUT2D eigenvalue weighted by molar-refractivity contribution is -0.116. The van der Waals surface area contributed by atoms with Crippen molar-refractivity contribution in [3.8, 4) is 0 Å². The molecule has 6 rings (SSSR count). The summed E-state index contributed by atoms with van der Waals surface area (Å²) in [4.78, 5) is 30.3. The number of Topliss-reactive ketones (excluding diaryl/α,β-unsaturated/α-hetero) is 1. The molecule has 0 radical (unpaired) electrons. The molecule has 0 unspecified atom stereocenters. The van der Waals surface area contributed by atoms with Gasteiger partial charge < -0.3 is 5.32 Å². The van der Waals surface area contributed by atoms with Gasteiger partial charge in [0, 0.05) is 22.7 Å². The summed E-state index contributed by atoms with van der Waals surface area (Å²) in [5, 5.41) is 5.85. The third kappa shape index (κ3) is 4.26. The largest absolute Gasteiger partial charge is 0.357 e. The van der Waals surface area contributed by atoms with Crippen LogP contribution >= 0.6 is 22.9 Å². The van der Waals surface area contributed by atoms with Gasteiger partial charge >= 0.3 is 0 Å². The van der Waals surface area contributed by atoms with Crippen molar-refractivity contribution >= 4 is 46.0 Å². The molecule has 37 heavy (non-hydrogen) atoms. The normalized spacial score (nSPS) is 19.1. The van der Waals surface area contributed by atoms with Crippen molar-refractivity contribution in [3.63, 3.8) is 0 Å². The van der Waals surface area contributed by atoms with Crippen LogP contribution < -0.4 is 10.2 Å². The molecule has 184 valence electrons. The number of rotatable bonds is 3. The topological polar surface area (TPSA) is 49.4 Å². The maximum absolute atomic E-state index is 14.1. The Morgan fingerprint density at radius 3 is 2.46 bits per heavy atom. The highest BCUT2D eigenvalue weighted by molar-refractivity contribution is 7.12. The highest BCUT2D eigenvalue weighted by atomic mass is 35.5. The van der Waals surface area contributed by atoms with E-state index in [-0.39, 0.29) is 29.8 Å². The second-order valence-corrected chi connectivity index (χ2v) is 10.5. The molecule has 1 aliphatic heterocycles. The van der Waals surface area contributed by atoms with E-state index in [1.54, 1.807) is 29.2 Å². The second kappa shape index (κ2) is 9.61. The summed E-state index contributed by atoms with van der Waals surface area (Å²) >= 11 is 8.09. The predicted octanol–water partition coefficient (Wildman–Crippen LogP) is 7.76. The van der Waals surface area contributed by atoms with Crippen molar-refractivity contribution in [2.45, 2.75) is 24.8 Å². The van der Waals surface area contributed by atoms with Gasteiger partial charge in [-0.15, -0.1) is 11.3 Å². The van der Waals surface area contributed by atoms with E-state index in [9.17, 15) is 14.0 Å². The Bertz CT molecular complexity index is 1530. The summed E-state index contributed by atoms with van der Waals surface area (Å²) in [6.07, 6.45) is 0.799. The van der Waals surface area contributed by atoms with Gasteiger partial charge in [-0.2, -0.15) is 0 Å². The molecule has 0 bridgehead atoms. The Hall–Kier alpha value is -3.74. The average Bonchev–Trinajstić information content (AvgIpc) is 3.39. The van der Waals surface area contributed by atoms with Crippen LogP contribution in [0.2, 0.25) is 5.02 Å². The quantitative estimate of drug-likeness (QED) is 0.295. The van der Waals surface area contributed by atoms with Crippen LogP contribution in [0.5, 0.6) is 0 Å². The molecule has 0 saturated carbocycles. The Morgan fingerprint density at radius 2 is 1.70 bits per heavy atom. The summed E-state index contributed by atoms with van der Waals surface area (Å²) in [5.74, 6) is -0.687. The Labute approximate surface area is 223 Å². The molecule has 1 aromatic heterocycles. The van der Waals surface area contributed by atoms with Gasteiger partial charge in [-0.25, -0.2) is 4.39 Å². The molecule has 2 atom stereocenters. The third-order valence-electron chi connectivity index (χ3n) is 6.98. The number of fused-ring (bicyclic) bond motifs is 1. The van der Waals surface area contributed by atoms with Crippen LogP contribution in [0.3, 0.4) is 0 Å². The molecular formula is C30H22ClFN2O2S. The number of hydrogen-bond donors (Lipinski definition) is 1. The van der Waals surface area contributed by atoms with Gasteiger partial charge in [0.05, 0.1) is 22.3 Å². The summed E-state index contributed by atoms with van der Waals surface area (Å²) in [6, 6.07) is 24.2. The number of anilines is 2. The number of carbonyl (C=O) groups excluding carboxylic acids is 2. The number of carbonyl (C=O) groups is 2. The number of nitrogens with zero attached hydrogens (tertiary/aromatic N) is 1. The van der Waals surface area contributed by atoms with E-state index >= 15 is 0 Å². The molecule has 0 spiro atoms. The van der Waals surface area contributed by atoms with Crippen LogP contribution in [0.25, 0.3) is 0 Å². The monoisotopic (exact) mass is 528 g/mol. The molecule has 1 N–H and O–H groups in total. The van der Waals surface area contributed by atoms with Gasteiger partial charge in [0.25, 0.3) is 5.91 Å². The van der Waals surface area contributed by atoms with Crippen LogP contribution in [0.4, 0.5) is 15.8 Å². The number of nitrogens with one attached hydrogen (secondary N) is 1. The number of para-hydroxylation sites is 2. The lowest BCUT2D eigenvalue weighted by atomic mass is 9.78. The molecule has 7 heteroatoms. The van der Waals surface area contributed by atoms with E-state index in [0.29, 0.717) is 33.1 Å². The molecule has 2 aliphatic rings. The zero-order chi connectivity index (χ0) is 25.5. The van der Waals surface area contributed by atoms with Gasteiger partial charge in [-0.05, 0) is 65.2 Å². The summed E-state index contributed by atoms with van der Waals surface area (Å²) in [6.45, 7) is 0. The molecule has 0 saturated heterocycles. The van der Waals surface area contributed by atoms with Crippen LogP contribution in [-0.4, -0.2) is 11.7 Å². The minimum absolute atomic E-state index is 0.0650. The number of benzene rings is 3. The minimum Gasteiger partial charge on any atom is -0.357 e. The highest BCUT2D eigenvalue weighted by Crippen LogP contribution is 2.49. The van der Waals surface area contributed by atoms with Gasteiger partial charge in [0.15, 0.2) is 5.78 Å². The molecule has 4 nitrogen and oxygen atoms in total. The van der Waals surface area contributed by atoms with Crippen molar-refractivity contribution in [1.29, 1.82) is 0 Å². The standard InChI is InChI=1S/C30H22ClFN2O2S/c31-22-7-2-1-6-21(22)29-28-24(16-19(17-26(28)35)18-11-13-20(32)14-12-18)33-23-8-3-4-9-25(23)34(29)30(36)27-10-5-15-37-27/h1-15,19,29,33H,16-17H2/t19-,29+/m0/s1. The van der Waals surface area contributed by atoms with Crippen LogP contribution in [0.15, 0.2) is 102 Å². The van der Waals surface area contributed by atoms with Gasteiger partial charge in [0.1, 0.15) is 5.82 Å². The van der Waals surface area contributed by atoms with Crippen molar-refractivity contribution in [2.24, 2.45) is 0 Å². The smallest absolute Gasteiger partial charge is 0.269 e. The molecule has 4 aromatic rings. The molecular weight excluding hydrogens is 507 g/mol. The van der Waals surface area contributed by atoms with E-state index in [1.807, 2.05) is 53.9 Å². The van der Waals surface area contributed by atoms with Crippen molar-refractivity contribution in [2.75, 3.05) is 10.2 Å². The predicted molar refractivity (Wildman–Crippen MR) is 146 cm³/mol. The first-order chi connectivity index (χ1) is 18.0. The fourth-order valence-electron chi connectivity index (χ4n) is 5.29. The fraction of sp³-hybridized carbons (Fsp3) is 0.133. The lowest BCUT2D eigenvalue weighted by Crippen LogP contribution is -2.38. The van der Waals surface area contributed by atoms with E-state index in [0.717, 1.165) is 16.9 Å². The first-order valence-corrected chi connectivity index (χ1v) is 13.3. The van der Waals surface area contributed by atoms with Crippen molar-refractivity contribution < 1.29 is 14.0 Å². The number of hydrogen-bond acceptors (Lipinski definition) is 4. The van der Waals surface area contributed by atoms with Crippen molar-refractivity contribution in [1.82, 2.24) is 0 Å². The number of allylic oxidation sites excluding steroid dienone is 1. The maximum Gasteiger partial charge on any atom is 0.269 e.